The van der Waals surface area contributed by atoms with E-state index < -0.39 is 6.10 Å². The highest BCUT2D eigenvalue weighted by Gasteiger charge is 2.19. The van der Waals surface area contributed by atoms with Crippen molar-refractivity contribution in [1.82, 2.24) is 10.2 Å². The minimum absolute atomic E-state index is 0.296. The molecule has 118 valence electrons. The highest BCUT2D eigenvalue weighted by atomic mass is 16.5. The maximum atomic E-state index is 9.91. The van der Waals surface area contributed by atoms with Gasteiger partial charge >= 0.3 is 0 Å². The average Bonchev–Trinajstić information content (AvgIpc) is 2.91. The topological polar surface area (TPSA) is 54.0 Å². The fourth-order valence-electron chi connectivity index (χ4n) is 2.57. The van der Waals surface area contributed by atoms with E-state index in [1.54, 1.807) is 7.11 Å². The smallest absolute Gasteiger partial charge is 0.119 e. The largest absolute Gasteiger partial charge is 0.497 e. The van der Waals surface area contributed by atoms with E-state index in [4.69, 9.17) is 9.47 Å². The van der Waals surface area contributed by atoms with Gasteiger partial charge in [0.25, 0.3) is 0 Å². The molecular formula is C16H26N2O3. The Hall–Kier alpha value is -1.30. The first kappa shape index (κ1) is 16.1. The van der Waals surface area contributed by atoms with Gasteiger partial charge in [0, 0.05) is 13.1 Å². The van der Waals surface area contributed by atoms with E-state index in [0.29, 0.717) is 19.1 Å². The number of nitrogens with zero attached hydrogens (tertiary/aromatic N) is 1. The van der Waals surface area contributed by atoms with E-state index in [-0.39, 0.29) is 0 Å². The summed E-state index contributed by atoms with van der Waals surface area (Å²) >= 11 is 0. The van der Waals surface area contributed by atoms with E-state index in [9.17, 15) is 5.11 Å². The number of nitrogens with one attached hydrogen (secondary N) is 1. The summed E-state index contributed by atoms with van der Waals surface area (Å²) in [5.74, 6) is 2.24. The lowest BCUT2D eigenvalue weighted by Gasteiger charge is -2.15. The van der Waals surface area contributed by atoms with Gasteiger partial charge in [-0.15, -0.1) is 0 Å². The maximum absolute atomic E-state index is 9.91. The lowest BCUT2D eigenvalue weighted by Crippen LogP contribution is -2.34. The van der Waals surface area contributed by atoms with Crippen molar-refractivity contribution < 1.29 is 14.6 Å². The highest BCUT2D eigenvalue weighted by molar-refractivity contribution is 5.31. The van der Waals surface area contributed by atoms with Gasteiger partial charge in [0.1, 0.15) is 24.2 Å². The summed E-state index contributed by atoms with van der Waals surface area (Å²) in [5, 5.41) is 13.2. The monoisotopic (exact) mass is 294 g/mol. The molecule has 2 unspecified atom stereocenters. The van der Waals surface area contributed by atoms with Crippen molar-refractivity contribution >= 4 is 0 Å². The number of benzene rings is 1. The SMILES string of the molecule is COc1ccc(OCC(O)CNCC2CCN(C)C2)cc1. The number of aliphatic hydroxyl groups excluding tert-OH is 1. The molecule has 5 nitrogen and oxygen atoms in total. The molecule has 0 spiro atoms. The summed E-state index contributed by atoms with van der Waals surface area (Å²) in [6.45, 7) is 4.14. The Balaban J connectivity index is 1.59. The van der Waals surface area contributed by atoms with E-state index in [0.717, 1.165) is 24.6 Å². The predicted molar refractivity (Wildman–Crippen MR) is 83.0 cm³/mol. The first-order chi connectivity index (χ1) is 10.2. The van der Waals surface area contributed by atoms with E-state index in [1.807, 2.05) is 24.3 Å². The Morgan fingerprint density at radius 2 is 2.05 bits per heavy atom. The third kappa shape index (κ3) is 5.53. The lowest BCUT2D eigenvalue weighted by atomic mass is 10.1. The van der Waals surface area contributed by atoms with Gasteiger partial charge < -0.3 is 24.8 Å². The molecule has 5 heteroatoms. The lowest BCUT2D eigenvalue weighted by molar-refractivity contribution is 0.105. The molecule has 1 aliphatic rings. The Morgan fingerprint density at radius 1 is 1.33 bits per heavy atom. The van der Waals surface area contributed by atoms with Crippen LogP contribution in [0.3, 0.4) is 0 Å². The van der Waals surface area contributed by atoms with Gasteiger partial charge in [-0.3, -0.25) is 0 Å². The van der Waals surface area contributed by atoms with Crippen molar-refractivity contribution in [3.05, 3.63) is 24.3 Å². The number of hydrogen-bond acceptors (Lipinski definition) is 5. The van der Waals surface area contributed by atoms with Crippen LogP contribution in [-0.2, 0) is 0 Å². The number of methoxy groups -OCH3 is 1. The van der Waals surface area contributed by atoms with Crippen LogP contribution in [0.25, 0.3) is 0 Å². The Kier molecular flexibility index (Phi) is 6.29. The second-order valence-corrected chi connectivity index (χ2v) is 5.72. The second kappa shape index (κ2) is 8.22. The maximum Gasteiger partial charge on any atom is 0.119 e. The molecule has 21 heavy (non-hydrogen) atoms. The summed E-state index contributed by atoms with van der Waals surface area (Å²) < 4.78 is 10.6. The molecule has 0 aliphatic carbocycles. The quantitative estimate of drug-likeness (QED) is 0.748. The van der Waals surface area contributed by atoms with Crippen LogP contribution in [0.5, 0.6) is 11.5 Å². The van der Waals surface area contributed by atoms with Crippen molar-refractivity contribution in [2.24, 2.45) is 5.92 Å². The van der Waals surface area contributed by atoms with Gasteiger partial charge in [0.05, 0.1) is 7.11 Å². The van der Waals surface area contributed by atoms with Crippen molar-refractivity contribution in [3.8, 4) is 11.5 Å². The van der Waals surface area contributed by atoms with Crippen LogP contribution in [0.15, 0.2) is 24.3 Å². The molecule has 1 saturated heterocycles. The number of aliphatic hydroxyl groups is 1. The van der Waals surface area contributed by atoms with Crippen molar-refractivity contribution in [3.63, 3.8) is 0 Å². The molecule has 0 radical (unpaired) electrons. The molecule has 0 amide bonds. The molecular weight excluding hydrogens is 268 g/mol. The van der Waals surface area contributed by atoms with Gasteiger partial charge in [-0.05, 0) is 56.7 Å². The molecule has 1 heterocycles. The minimum atomic E-state index is -0.494. The van der Waals surface area contributed by atoms with Gasteiger partial charge in [-0.1, -0.05) is 0 Å². The van der Waals surface area contributed by atoms with Gasteiger partial charge in [-0.2, -0.15) is 0 Å². The Morgan fingerprint density at radius 3 is 2.67 bits per heavy atom. The van der Waals surface area contributed by atoms with Crippen LogP contribution in [0.1, 0.15) is 6.42 Å². The highest BCUT2D eigenvalue weighted by Crippen LogP contribution is 2.17. The van der Waals surface area contributed by atoms with Gasteiger partial charge in [-0.25, -0.2) is 0 Å². The summed E-state index contributed by atoms with van der Waals surface area (Å²) in [5.41, 5.74) is 0. The second-order valence-electron chi connectivity index (χ2n) is 5.72. The molecule has 2 atom stereocenters. The van der Waals surface area contributed by atoms with Crippen LogP contribution in [0.4, 0.5) is 0 Å². The van der Waals surface area contributed by atoms with Crippen molar-refractivity contribution in [1.29, 1.82) is 0 Å². The van der Waals surface area contributed by atoms with Crippen molar-refractivity contribution in [2.75, 3.05) is 46.9 Å². The summed E-state index contributed by atoms with van der Waals surface area (Å²) in [6, 6.07) is 7.37. The molecule has 0 bridgehead atoms. The molecule has 1 fully saturated rings. The summed E-state index contributed by atoms with van der Waals surface area (Å²) in [7, 11) is 3.78. The van der Waals surface area contributed by atoms with Gasteiger partial charge in [0.15, 0.2) is 0 Å². The Bertz CT molecular complexity index is 410. The van der Waals surface area contributed by atoms with E-state index >= 15 is 0 Å². The minimum Gasteiger partial charge on any atom is -0.497 e. The van der Waals surface area contributed by atoms with Crippen LogP contribution < -0.4 is 14.8 Å². The molecule has 1 aliphatic heterocycles. The molecule has 2 N–H and O–H groups in total. The molecule has 1 aromatic carbocycles. The number of rotatable bonds is 8. The van der Waals surface area contributed by atoms with Crippen molar-refractivity contribution in [2.45, 2.75) is 12.5 Å². The molecule has 0 aromatic heterocycles. The first-order valence-corrected chi connectivity index (χ1v) is 7.51. The first-order valence-electron chi connectivity index (χ1n) is 7.51. The third-order valence-electron chi connectivity index (χ3n) is 3.80. The normalized spacial score (nSPS) is 20.4. The third-order valence-corrected chi connectivity index (χ3v) is 3.80. The fourth-order valence-corrected chi connectivity index (χ4v) is 2.57. The average molecular weight is 294 g/mol. The molecule has 0 saturated carbocycles. The number of ether oxygens (including phenoxy) is 2. The zero-order valence-electron chi connectivity index (χ0n) is 12.9. The zero-order valence-corrected chi connectivity index (χ0v) is 12.9. The van der Waals surface area contributed by atoms with Crippen LogP contribution >= 0.6 is 0 Å². The van der Waals surface area contributed by atoms with Crippen LogP contribution in [-0.4, -0.2) is 63.1 Å². The summed E-state index contributed by atoms with van der Waals surface area (Å²) in [4.78, 5) is 2.34. The van der Waals surface area contributed by atoms with Crippen LogP contribution in [0, 0.1) is 5.92 Å². The predicted octanol–water partition coefficient (Wildman–Crippen LogP) is 0.976. The Labute approximate surface area is 126 Å². The zero-order chi connectivity index (χ0) is 15.1. The van der Waals surface area contributed by atoms with E-state index in [2.05, 4.69) is 17.3 Å². The molecule has 1 aromatic rings. The molecule has 2 rings (SSSR count). The fraction of sp³-hybridized carbons (Fsp3) is 0.625. The van der Waals surface area contributed by atoms with E-state index in [1.165, 1.54) is 13.0 Å². The number of hydrogen-bond donors (Lipinski definition) is 2. The summed E-state index contributed by atoms with van der Waals surface area (Å²) in [6.07, 6.45) is 0.744. The standard InChI is InChI=1S/C16H26N2O3/c1-18-8-7-13(11-18)9-17-10-14(19)12-21-16-5-3-15(20-2)4-6-16/h3-6,13-14,17,19H,7-12H2,1-2H3. The van der Waals surface area contributed by atoms with Gasteiger partial charge in [0.2, 0.25) is 0 Å². The number of likely N-dealkylation sites (tertiary alicyclic amines) is 1. The van der Waals surface area contributed by atoms with Crippen LogP contribution in [0.2, 0.25) is 0 Å².